The lowest BCUT2D eigenvalue weighted by Gasteiger charge is -1.98. The van der Waals surface area contributed by atoms with Crippen LogP contribution in [0.15, 0.2) is 27.5 Å². The monoisotopic (exact) mass is 242 g/mol. The fourth-order valence-corrected chi connectivity index (χ4v) is 1.85. The number of benzene rings is 1. The van der Waals surface area contributed by atoms with Gasteiger partial charge in [0.2, 0.25) is 0 Å². The summed E-state index contributed by atoms with van der Waals surface area (Å²) in [5.74, 6) is 0. The van der Waals surface area contributed by atoms with Gasteiger partial charge in [-0.25, -0.2) is 4.79 Å². The van der Waals surface area contributed by atoms with E-state index in [0.29, 0.717) is 0 Å². The maximum Gasteiger partial charge on any atom is 0.292 e. The first kappa shape index (κ1) is 11.4. The minimum absolute atomic E-state index is 0.0142. The largest absolute Gasteiger partial charge is 0.292 e. The number of hydrogen-bond acceptors (Lipinski definition) is 4. The number of nitriles is 1. The third-order valence-corrected chi connectivity index (χ3v) is 2.99. The van der Waals surface area contributed by atoms with E-state index < -0.39 is 10.0 Å². The number of isocyanates is 1. The Bertz CT molecular complexity index is 582. The van der Waals surface area contributed by atoms with Crippen LogP contribution in [0.25, 0.3) is 0 Å². The molecule has 0 aliphatic carbocycles. The predicted molar refractivity (Wildman–Crippen MR) is 51.5 cm³/mol. The van der Waals surface area contributed by atoms with Gasteiger partial charge in [0.15, 0.2) is 0 Å². The molecular formula is C8H3ClN2O3S. The maximum atomic E-state index is 11.2. The lowest BCUT2D eigenvalue weighted by Crippen LogP contribution is -1.96. The summed E-state index contributed by atoms with van der Waals surface area (Å²) in [7, 11) is -4.05. The summed E-state index contributed by atoms with van der Waals surface area (Å²) in [5.41, 5.74) is 0.144. The van der Waals surface area contributed by atoms with E-state index >= 15 is 0 Å². The Hall–Kier alpha value is -1.67. The topological polar surface area (TPSA) is 87.4 Å². The molecule has 0 atom stereocenters. The van der Waals surface area contributed by atoms with Gasteiger partial charge in [-0.3, -0.25) is 0 Å². The van der Waals surface area contributed by atoms with Crippen molar-refractivity contribution in [2.75, 3.05) is 0 Å². The third kappa shape index (κ3) is 2.42. The second-order valence-corrected chi connectivity index (χ2v) is 4.42. The number of hydrogen-bond donors (Lipinski definition) is 0. The van der Waals surface area contributed by atoms with Crippen molar-refractivity contribution in [3.8, 4) is 6.07 Å². The standard InChI is InChI=1S/C8H3ClN2O3S/c9-8-3-7(2-1-6(8)4-10)15(13,14)11-5-12/h1-3H. The van der Waals surface area contributed by atoms with E-state index in [2.05, 4.69) is 4.40 Å². The minimum Gasteiger partial charge on any atom is -0.210 e. The van der Waals surface area contributed by atoms with E-state index in [1.165, 1.54) is 6.07 Å². The summed E-state index contributed by atoms with van der Waals surface area (Å²) in [6.07, 6.45) is 0.933. The van der Waals surface area contributed by atoms with Crippen LogP contribution in [0.5, 0.6) is 0 Å². The molecule has 15 heavy (non-hydrogen) atoms. The molecule has 0 N–H and O–H groups in total. The quantitative estimate of drug-likeness (QED) is 0.577. The Morgan fingerprint density at radius 2 is 2.07 bits per heavy atom. The van der Waals surface area contributed by atoms with Crippen LogP contribution in [0.1, 0.15) is 5.56 Å². The van der Waals surface area contributed by atoms with Gasteiger partial charge in [-0.1, -0.05) is 16.0 Å². The van der Waals surface area contributed by atoms with Crippen molar-refractivity contribution in [1.82, 2.24) is 0 Å². The average molecular weight is 243 g/mol. The number of nitrogens with zero attached hydrogens (tertiary/aromatic N) is 2. The van der Waals surface area contributed by atoms with Gasteiger partial charge in [-0.2, -0.15) is 13.7 Å². The molecule has 0 saturated carbocycles. The van der Waals surface area contributed by atoms with Crippen molar-refractivity contribution in [2.45, 2.75) is 4.90 Å². The molecule has 76 valence electrons. The highest BCUT2D eigenvalue weighted by Crippen LogP contribution is 2.21. The van der Waals surface area contributed by atoms with Gasteiger partial charge in [0.05, 0.1) is 15.5 Å². The third-order valence-electron chi connectivity index (χ3n) is 1.52. The normalized spacial score (nSPS) is 10.1. The van der Waals surface area contributed by atoms with Crippen molar-refractivity contribution >= 4 is 27.7 Å². The van der Waals surface area contributed by atoms with Crippen LogP contribution in [0.4, 0.5) is 0 Å². The zero-order chi connectivity index (χ0) is 11.5. The molecule has 0 fully saturated rings. The summed E-state index contributed by atoms with van der Waals surface area (Å²) < 4.78 is 25.1. The fourth-order valence-electron chi connectivity index (χ4n) is 0.849. The van der Waals surface area contributed by atoms with Gasteiger partial charge in [0.25, 0.3) is 16.1 Å². The maximum absolute atomic E-state index is 11.2. The molecule has 0 spiro atoms. The molecule has 0 bridgehead atoms. The van der Waals surface area contributed by atoms with Gasteiger partial charge in [0, 0.05) is 0 Å². The Labute approximate surface area is 90.7 Å². The Morgan fingerprint density at radius 3 is 2.53 bits per heavy atom. The first-order valence-corrected chi connectivity index (χ1v) is 5.37. The van der Waals surface area contributed by atoms with E-state index in [0.717, 1.165) is 18.2 Å². The van der Waals surface area contributed by atoms with E-state index in [1.54, 1.807) is 6.07 Å². The van der Waals surface area contributed by atoms with E-state index in [9.17, 15) is 13.2 Å². The molecule has 1 aromatic rings. The zero-order valence-corrected chi connectivity index (χ0v) is 8.71. The minimum atomic E-state index is -4.05. The summed E-state index contributed by atoms with van der Waals surface area (Å²) in [5, 5.41) is 8.53. The lowest BCUT2D eigenvalue weighted by molar-refractivity contribution is 0.563. The molecule has 0 aromatic heterocycles. The van der Waals surface area contributed by atoms with Crippen molar-refractivity contribution in [1.29, 1.82) is 5.26 Å². The molecule has 0 aliphatic heterocycles. The molecule has 0 heterocycles. The van der Waals surface area contributed by atoms with Crippen LogP contribution in [0.2, 0.25) is 5.02 Å². The van der Waals surface area contributed by atoms with Crippen LogP contribution in [-0.2, 0) is 14.8 Å². The van der Waals surface area contributed by atoms with E-state index in [-0.39, 0.29) is 15.5 Å². The average Bonchev–Trinajstić information content (AvgIpc) is 2.17. The molecule has 0 radical (unpaired) electrons. The van der Waals surface area contributed by atoms with Gasteiger partial charge in [-0.15, -0.1) is 0 Å². The summed E-state index contributed by atoms with van der Waals surface area (Å²) in [6, 6.07) is 5.19. The predicted octanol–water partition coefficient (Wildman–Crippen LogP) is 1.24. The number of halogens is 1. The molecule has 0 aliphatic rings. The first-order chi connectivity index (χ1) is 7.01. The number of sulfonamides is 1. The molecule has 0 unspecified atom stereocenters. The zero-order valence-electron chi connectivity index (χ0n) is 7.14. The van der Waals surface area contributed by atoms with Gasteiger partial charge in [-0.05, 0) is 18.2 Å². The van der Waals surface area contributed by atoms with Crippen LogP contribution in [0.3, 0.4) is 0 Å². The molecule has 1 rings (SSSR count). The molecule has 7 heteroatoms. The Balaban J connectivity index is 3.38. The molecule has 0 saturated heterocycles. The highest BCUT2D eigenvalue weighted by molar-refractivity contribution is 7.90. The highest BCUT2D eigenvalue weighted by atomic mass is 35.5. The van der Waals surface area contributed by atoms with Crippen LogP contribution in [-0.4, -0.2) is 14.5 Å². The summed E-state index contributed by atoms with van der Waals surface area (Å²) in [6.45, 7) is 0. The second kappa shape index (κ2) is 4.24. The fraction of sp³-hybridized carbons (Fsp3) is 0. The molecule has 1 aromatic carbocycles. The van der Waals surface area contributed by atoms with Crippen molar-refractivity contribution in [2.24, 2.45) is 4.40 Å². The number of carbonyl (C=O) groups excluding carboxylic acids is 1. The van der Waals surface area contributed by atoms with Gasteiger partial charge < -0.3 is 0 Å². The van der Waals surface area contributed by atoms with Crippen molar-refractivity contribution in [3.63, 3.8) is 0 Å². The Morgan fingerprint density at radius 1 is 1.40 bits per heavy atom. The number of rotatable bonds is 2. The smallest absolute Gasteiger partial charge is 0.210 e. The Kier molecular flexibility index (Phi) is 3.22. The summed E-state index contributed by atoms with van der Waals surface area (Å²) >= 11 is 5.61. The van der Waals surface area contributed by atoms with Crippen LogP contribution < -0.4 is 0 Å². The van der Waals surface area contributed by atoms with Crippen LogP contribution in [0, 0.1) is 11.3 Å². The van der Waals surface area contributed by atoms with Crippen molar-refractivity contribution in [3.05, 3.63) is 28.8 Å². The molecular weight excluding hydrogens is 240 g/mol. The first-order valence-electron chi connectivity index (χ1n) is 3.55. The van der Waals surface area contributed by atoms with Gasteiger partial charge >= 0.3 is 0 Å². The molecule has 0 amide bonds. The SMILES string of the molecule is N#Cc1ccc(S(=O)(=O)N=C=O)cc1Cl. The van der Waals surface area contributed by atoms with E-state index in [4.69, 9.17) is 16.9 Å². The summed E-state index contributed by atoms with van der Waals surface area (Å²) in [4.78, 5) is 9.59. The van der Waals surface area contributed by atoms with E-state index in [1.807, 2.05) is 0 Å². The lowest BCUT2D eigenvalue weighted by atomic mass is 10.2. The second-order valence-electron chi connectivity index (χ2n) is 2.41. The highest BCUT2D eigenvalue weighted by Gasteiger charge is 2.14. The van der Waals surface area contributed by atoms with Crippen LogP contribution >= 0.6 is 11.6 Å². The molecule has 5 nitrogen and oxygen atoms in total. The van der Waals surface area contributed by atoms with Crippen molar-refractivity contribution < 1.29 is 13.2 Å². The van der Waals surface area contributed by atoms with Gasteiger partial charge in [0.1, 0.15) is 6.07 Å².